The molecule has 0 aliphatic heterocycles. The third-order valence-electron chi connectivity index (χ3n) is 9.07. The summed E-state index contributed by atoms with van der Waals surface area (Å²) in [5.41, 5.74) is 9.68. The van der Waals surface area contributed by atoms with E-state index in [-0.39, 0.29) is 5.41 Å². The van der Waals surface area contributed by atoms with Crippen LogP contribution in [0.3, 0.4) is 0 Å². The lowest BCUT2D eigenvalue weighted by atomic mass is 9.71. The van der Waals surface area contributed by atoms with E-state index in [4.69, 9.17) is 28.4 Å². The minimum atomic E-state index is -0.0546. The SMILES string of the molecule is CCCC1(CCC)c2cc(/C=C/c3cc(OC)c(OC)c(OC)c3)ccc2-c2ccc(/C=C/c3cc(OC)c(OC)c(OC)c3)cc21. The Hall–Kier alpha value is -4.84. The first-order valence-corrected chi connectivity index (χ1v) is 16.2. The normalized spacial score (nSPS) is 13.0. The minimum Gasteiger partial charge on any atom is -0.493 e. The zero-order chi connectivity index (χ0) is 33.6. The average Bonchev–Trinajstić information content (AvgIpc) is 3.36. The van der Waals surface area contributed by atoms with Crippen LogP contribution in [0.1, 0.15) is 72.9 Å². The number of hydrogen-bond acceptors (Lipinski definition) is 6. The second kappa shape index (κ2) is 14.7. The van der Waals surface area contributed by atoms with E-state index in [1.807, 2.05) is 24.3 Å². The van der Waals surface area contributed by atoms with Crippen molar-refractivity contribution in [1.82, 2.24) is 0 Å². The molecule has 0 heterocycles. The van der Waals surface area contributed by atoms with Gasteiger partial charge in [0.25, 0.3) is 0 Å². The van der Waals surface area contributed by atoms with E-state index in [9.17, 15) is 0 Å². The Morgan fingerprint density at radius 3 is 1.09 bits per heavy atom. The standard InChI is InChI=1S/C41H46O6/c1-9-19-41(20-10-2)33-21-27(11-13-29-23-35(42-3)39(46-7)36(24-29)43-4)15-17-31(33)32-18-16-28(22-34(32)41)12-14-30-25-37(44-5)40(47-8)38(26-30)45-6/h11-18,21-26H,9-10,19-20H2,1-8H3/b13-11+,14-12+. The molecule has 0 saturated heterocycles. The van der Waals surface area contributed by atoms with Gasteiger partial charge in [-0.25, -0.2) is 0 Å². The van der Waals surface area contributed by atoms with Gasteiger partial charge >= 0.3 is 0 Å². The fraction of sp³-hybridized carbons (Fsp3) is 0.317. The molecule has 0 N–H and O–H groups in total. The van der Waals surface area contributed by atoms with E-state index in [1.54, 1.807) is 42.7 Å². The molecule has 1 aliphatic carbocycles. The van der Waals surface area contributed by atoms with Crippen molar-refractivity contribution in [1.29, 1.82) is 0 Å². The van der Waals surface area contributed by atoms with Crippen LogP contribution < -0.4 is 28.4 Å². The molecule has 1 aliphatic rings. The molecular formula is C41H46O6. The molecule has 0 bridgehead atoms. The van der Waals surface area contributed by atoms with E-state index in [1.165, 1.54) is 22.3 Å². The van der Waals surface area contributed by atoms with Gasteiger partial charge in [0.05, 0.1) is 42.7 Å². The maximum atomic E-state index is 5.57. The Kier molecular flexibility index (Phi) is 10.5. The highest BCUT2D eigenvalue weighted by Crippen LogP contribution is 2.54. The molecule has 0 spiro atoms. The molecule has 0 fully saturated rings. The molecule has 6 heteroatoms. The Balaban J connectivity index is 1.53. The van der Waals surface area contributed by atoms with Crippen LogP contribution in [0.25, 0.3) is 35.4 Å². The molecule has 0 radical (unpaired) electrons. The van der Waals surface area contributed by atoms with E-state index in [0.29, 0.717) is 34.5 Å². The Morgan fingerprint density at radius 1 is 0.447 bits per heavy atom. The van der Waals surface area contributed by atoms with Crippen molar-refractivity contribution in [3.8, 4) is 45.6 Å². The van der Waals surface area contributed by atoms with Gasteiger partial charge in [-0.3, -0.25) is 0 Å². The fourth-order valence-electron chi connectivity index (χ4n) is 7.04. The highest BCUT2D eigenvalue weighted by Gasteiger charge is 2.41. The summed E-state index contributed by atoms with van der Waals surface area (Å²) < 4.78 is 33.3. The van der Waals surface area contributed by atoms with Gasteiger partial charge in [-0.15, -0.1) is 0 Å². The highest BCUT2D eigenvalue weighted by molar-refractivity contribution is 5.85. The monoisotopic (exact) mass is 634 g/mol. The third kappa shape index (κ3) is 6.42. The fourth-order valence-corrected chi connectivity index (χ4v) is 7.04. The lowest BCUT2D eigenvalue weighted by molar-refractivity contribution is 0.324. The lowest BCUT2D eigenvalue weighted by Gasteiger charge is -2.32. The van der Waals surface area contributed by atoms with Crippen LogP contribution in [-0.2, 0) is 5.41 Å². The third-order valence-corrected chi connectivity index (χ3v) is 9.07. The maximum absolute atomic E-state index is 5.57. The molecule has 0 unspecified atom stereocenters. The van der Waals surface area contributed by atoms with Crippen LogP contribution in [0.2, 0.25) is 0 Å². The minimum absolute atomic E-state index is 0.0546. The van der Waals surface area contributed by atoms with Crippen LogP contribution in [0.4, 0.5) is 0 Å². The van der Waals surface area contributed by atoms with Crippen molar-refractivity contribution in [2.75, 3.05) is 42.7 Å². The molecule has 5 rings (SSSR count). The highest BCUT2D eigenvalue weighted by atomic mass is 16.5. The van der Waals surface area contributed by atoms with Gasteiger partial charge in [0.15, 0.2) is 23.0 Å². The van der Waals surface area contributed by atoms with Crippen LogP contribution in [0.15, 0.2) is 60.7 Å². The largest absolute Gasteiger partial charge is 0.493 e. The maximum Gasteiger partial charge on any atom is 0.203 e. The molecule has 4 aromatic rings. The van der Waals surface area contributed by atoms with Crippen molar-refractivity contribution >= 4 is 24.3 Å². The summed E-state index contributed by atoms with van der Waals surface area (Å²) in [6, 6.07) is 21.6. The number of fused-ring (bicyclic) bond motifs is 3. The Morgan fingerprint density at radius 2 is 0.787 bits per heavy atom. The van der Waals surface area contributed by atoms with Crippen molar-refractivity contribution < 1.29 is 28.4 Å². The number of methoxy groups -OCH3 is 6. The van der Waals surface area contributed by atoms with E-state index in [0.717, 1.165) is 47.9 Å². The van der Waals surface area contributed by atoms with Crippen LogP contribution in [0, 0.1) is 0 Å². The van der Waals surface area contributed by atoms with E-state index < -0.39 is 0 Å². The van der Waals surface area contributed by atoms with E-state index >= 15 is 0 Å². The summed E-state index contributed by atoms with van der Waals surface area (Å²) in [4.78, 5) is 0. The van der Waals surface area contributed by atoms with Crippen molar-refractivity contribution in [3.05, 3.63) is 94.0 Å². The van der Waals surface area contributed by atoms with Gasteiger partial charge in [0.2, 0.25) is 11.5 Å². The smallest absolute Gasteiger partial charge is 0.203 e. The summed E-state index contributed by atoms with van der Waals surface area (Å²) in [5.74, 6) is 3.71. The molecule has 0 saturated carbocycles. The van der Waals surface area contributed by atoms with Gasteiger partial charge in [-0.2, -0.15) is 0 Å². The van der Waals surface area contributed by atoms with Crippen molar-refractivity contribution in [2.24, 2.45) is 0 Å². The molecule has 6 nitrogen and oxygen atoms in total. The summed E-state index contributed by atoms with van der Waals surface area (Å²) in [6.45, 7) is 4.58. The number of rotatable bonds is 14. The molecule has 246 valence electrons. The first-order chi connectivity index (χ1) is 22.9. The summed E-state index contributed by atoms with van der Waals surface area (Å²) in [7, 11) is 9.78. The zero-order valence-corrected chi connectivity index (χ0v) is 28.9. The number of ether oxygens (including phenoxy) is 6. The molecule has 0 aromatic heterocycles. The molecule has 47 heavy (non-hydrogen) atoms. The second-order valence-corrected chi connectivity index (χ2v) is 11.8. The van der Waals surface area contributed by atoms with Gasteiger partial charge in [0, 0.05) is 5.41 Å². The predicted molar refractivity (Wildman–Crippen MR) is 193 cm³/mol. The van der Waals surface area contributed by atoms with Crippen LogP contribution in [0.5, 0.6) is 34.5 Å². The van der Waals surface area contributed by atoms with Crippen LogP contribution >= 0.6 is 0 Å². The molecule has 0 atom stereocenters. The lowest BCUT2D eigenvalue weighted by Crippen LogP contribution is -2.25. The molecule has 0 amide bonds. The summed E-state index contributed by atoms with van der Waals surface area (Å²) in [6.07, 6.45) is 12.9. The van der Waals surface area contributed by atoms with Gasteiger partial charge in [-0.05, 0) is 81.6 Å². The van der Waals surface area contributed by atoms with Crippen molar-refractivity contribution in [3.63, 3.8) is 0 Å². The number of hydrogen-bond donors (Lipinski definition) is 0. The topological polar surface area (TPSA) is 55.4 Å². The molecule has 4 aromatic carbocycles. The Labute approximate surface area is 279 Å². The van der Waals surface area contributed by atoms with Gasteiger partial charge < -0.3 is 28.4 Å². The first kappa shape index (κ1) is 33.5. The predicted octanol–water partition coefficient (Wildman–Crippen LogP) is 9.95. The summed E-state index contributed by atoms with van der Waals surface area (Å²) >= 11 is 0. The first-order valence-electron chi connectivity index (χ1n) is 16.2. The van der Waals surface area contributed by atoms with Crippen molar-refractivity contribution in [2.45, 2.75) is 44.9 Å². The van der Waals surface area contributed by atoms with Crippen LogP contribution in [-0.4, -0.2) is 42.7 Å². The summed E-state index contributed by atoms with van der Waals surface area (Å²) in [5, 5.41) is 0. The van der Waals surface area contributed by atoms with Gasteiger partial charge in [0.1, 0.15) is 0 Å². The molecular weight excluding hydrogens is 588 g/mol. The van der Waals surface area contributed by atoms with E-state index in [2.05, 4.69) is 74.5 Å². The average molecular weight is 635 g/mol. The number of benzene rings is 4. The second-order valence-electron chi connectivity index (χ2n) is 11.8. The zero-order valence-electron chi connectivity index (χ0n) is 28.9. The Bertz CT molecular complexity index is 1600. The quantitative estimate of drug-likeness (QED) is 0.129. The van der Waals surface area contributed by atoms with Gasteiger partial charge in [-0.1, -0.05) is 87.4 Å².